The first-order chi connectivity index (χ1) is 5.92. The van der Waals surface area contributed by atoms with Crippen molar-refractivity contribution in [2.24, 2.45) is 0 Å². The van der Waals surface area contributed by atoms with E-state index >= 15 is 0 Å². The van der Waals surface area contributed by atoms with Gasteiger partial charge in [-0.2, -0.15) is 0 Å². The Balaban J connectivity index is 2.25. The average molecular weight is 169 g/mol. The minimum Gasteiger partial charge on any atom is -0.475 e. The van der Waals surface area contributed by atoms with Gasteiger partial charge in [0.2, 0.25) is 0 Å². The summed E-state index contributed by atoms with van der Waals surface area (Å²) in [5, 5.41) is 6.11. The van der Waals surface area contributed by atoms with Gasteiger partial charge in [-0.05, 0) is 12.1 Å². The molecule has 0 radical (unpaired) electrons. The van der Waals surface area contributed by atoms with Crippen molar-refractivity contribution in [3.05, 3.63) is 11.3 Å². The van der Waals surface area contributed by atoms with E-state index in [0.29, 0.717) is 12.5 Å². The fourth-order valence-electron chi connectivity index (χ4n) is 1.45. The van der Waals surface area contributed by atoms with E-state index in [2.05, 4.69) is 10.5 Å². The highest BCUT2D eigenvalue weighted by atomic mass is 16.5. The van der Waals surface area contributed by atoms with E-state index in [1.54, 1.807) is 0 Å². The molecule has 2 heterocycles. The lowest BCUT2D eigenvalue weighted by Gasteiger charge is -2.07. The highest BCUT2D eigenvalue weighted by Gasteiger charge is 2.22. The monoisotopic (exact) mass is 169 g/mol. The Morgan fingerprint density at radius 3 is 3.42 bits per heavy atom. The van der Waals surface area contributed by atoms with E-state index in [1.165, 1.54) is 0 Å². The lowest BCUT2D eigenvalue weighted by molar-refractivity contribution is -0.673. The molecular weight excluding hydrogens is 156 g/mol. The van der Waals surface area contributed by atoms with E-state index in [1.807, 2.05) is 6.92 Å². The molecule has 0 amide bonds. The highest BCUT2D eigenvalue weighted by molar-refractivity contribution is 5.28. The van der Waals surface area contributed by atoms with Gasteiger partial charge in [-0.3, -0.25) is 0 Å². The number of fused-ring (bicyclic) bond motifs is 1. The molecule has 0 fully saturated rings. The second-order valence-electron chi connectivity index (χ2n) is 2.85. The van der Waals surface area contributed by atoms with Gasteiger partial charge in [0.15, 0.2) is 5.76 Å². The molecule has 2 rings (SSSR count). The summed E-state index contributed by atoms with van der Waals surface area (Å²) in [6.45, 7) is 4.63. The third-order valence-corrected chi connectivity index (χ3v) is 2.04. The quantitative estimate of drug-likeness (QED) is 0.661. The smallest absolute Gasteiger partial charge is 0.263 e. The van der Waals surface area contributed by atoms with Gasteiger partial charge in [0.25, 0.3) is 5.88 Å². The number of hydrogen-bond acceptors (Lipinski definition) is 3. The van der Waals surface area contributed by atoms with Crippen molar-refractivity contribution in [2.45, 2.75) is 19.9 Å². The van der Waals surface area contributed by atoms with Crippen LogP contribution in [-0.2, 0) is 13.0 Å². The lowest BCUT2D eigenvalue weighted by atomic mass is 10.1. The highest BCUT2D eigenvalue weighted by Crippen LogP contribution is 2.21. The third-order valence-electron chi connectivity index (χ3n) is 2.04. The molecule has 0 saturated carbocycles. The second-order valence-corrected chi connectivity index (χ2v) is 2.85. The summed E-state index contributed by atoms with van der Waals surface area (Å²) < 4.78 is 10.5. The Labute approximate surface area is 70.9 Å². The number of rotatable bonds is 2. The molecule has 0 saturated heterocycles. The van der Waals surface area contributed by atoms with E-state index in [0.717, 1.165) is 30.8 Å². The van der Waals surface area contributed by atoms with Gasteiger partial charge < -0.3 is 14.6 Å². The third kappa shape index (κ3) is 1.18. The molecule has 1 aliphatic rings. The molecule has 1 aliphatic heterocycles. The molecule has 1 aromatic heterocycles. The topological polar surface area (TPSA) is 51.9 Å². The van der Waals surface area contributed by atoms with Crippen LogP contribution < -0.4 is 10.1 Å². The van der Waals surface area contributed by atoms with Crippen LogP contribution in [0.25, 0.3) is 0 Å². The number of hydrogen-bond donors (Lipinski definition) is 1. The van der Waals surface area contributed by atoms with Crippen molar-refractivity contribution in [1.82, 2.24) is 5.16 Å². The summed E-state index contributed by atoms with van der Waals surface area (Å²) >= 11 is 0. The maximum absolute atomic E-state index is 5.32. The van der Waals surface area contributed by atoms with Crippen molar-refractivity contribution in [1.29, 1.82) is 0 Å². The number of nitrogens with two attached hydrogens (primary N) is 1. The van der Waals surface area contributed by atoms with Crippen molar-refractivity contribution < 1.29 is 14.6 Å². The molecule has 0 aromatic carbocycles. The Morgan fingerprint density at radius 2 is 2.58 bits per heavy atom. The summed E-state index contributed by atoms with van der Waals surface area (Å²) in [4.78, 5) is 0. The first kappa shape index (κ1) is 7.61. The fraction of sp³-hybridized carbons (Fsp3) is 0.625. The van der Waals surface area contributed by atoms with Crippen LogP contribution >= 0.6 is 0 Å². The maximum atomic E-state index is 5.32. The number of ether oxygens (including phenoxy) is 1. The van der Waals surface area contributed by atoms with Crippen molar-refractivity contribution in [2.75, 3.05) is 13.2 Å². The summed E-state index contributed by atoms with van der Waals surface area (Å²) in [5.41, 5.74) is 1.14. The van der Waals surface area contributed by atoms with Gasteiger partial charge in [0.1, 0.15) is 12.1 Å². The molecule has 2 N–H and O–H groups in total. The first-order valence-electron chi connectivity index (χ1n) is 4.33. The van der Waals surface area contributed by atoms with Crippen molar-refractivity contribution in [3.63, 3.8) is 0 Å². The molecule has 0 atom stereocenters. The van der Waals surface area contributed by atoms with Crippen molar-refractivity contribution in [3.8, 4) is 5.88 Å². The summed E-state index contributed by atoms with van der Waals surface area (Å²) in [7, 11) is 0. The number of aromatic nitrogens is 1. The predicted octanol–water partition coefficient (Wildman–Crippen LogP) is -0.307. The van der Waals surface area contributed by atoms with Crippen molar-refractivity contribution >= 4 is 0 Å². The summed E-state index contributed by atoms with van der Waals surface area (Å²) in [6, 6.07) is 0. The maximum Gasteiger partial charge on any atom is 0.263 e. The van der Waals surface area contributed by atoms with Crippen LogP contribution in [-0.4, -0.2) is 18.3 Å². The molecule has 4 heteroatoms. The summed E-state index contributed by atoms with van der Waals surface area (Å²) in [5.74, 6) is 1.68. The molecule has 0 aliphatic carbocycles. The van der Waals surface area contributed by atoms with Crippen LogP contribution in [0.1, 0.15) is 18.2 Å². The Morgan fingerprint density at radius 1 is 1.67 bits per heavy atom. The lowest BCUT2D eigenvalue weighted by Crippen LogP contribution is -2.84. The van der Waals surface area contributed by atoms with E-state index in [9.17, 15) is 0 Å². The van der Waals surface area contributed by atoms with Gasteiger partial charge in [-0.1, -0.05) is 0 Å². The first-order valence-corrected chi connectivity index (χ1v) is 4.33. The normalized spacial score (nSPS) is 15.8. The Kier molecular flexibility index (Phi) is 1.99. The van der Waals surface area contributed by atoms with E-state index in [4.69, 9.17) is 9.26 Å². The van der Waals surface area contributed by atoms with Gasteiger partial charge >= 0.3 is 0 Å². The Bertz CT molecular complexity index is 270. The molecule has 4 nitrogen and oxygen atoms in total. The molecule has 1 aromatic rings. The fourth-order valence-corrected chi connectivity index (χ4v) is 1.45. The SMILES string of the molecule is CCOc1noc2c1C[NH2+]CC2. The molecule has 0 spiro atoms. The standard InChI is InChI=1S/C8H12N2O2/c1-2-11-8-6-5-9-4-3-7(6)12-10-8/h9H,2-5H2,1H3/p+1. The van der Waals surface area contributed by atoms with Crippen LogP contribution in [0.5, 0.6) is 5.88 Å². The van der Waals surface area contributed by atoms with Crippen LogP contribution in [0, 0.1) is 0 Å². The largest absolute Gasteiger partial charge is 0.475 e. The second kappa shape index (κ2) is 3.15. The molecule has 12 heavy (non-hydrogen) atoms. The molecule has 66 valence electrons. The van der Waals surface area contributed by atoms with E-state index in [-0.39, 0.29) is 0 Å². The molecule has 0 bridgehead atoms. The van der Waals surface area contributed by atoms with E-state index < -0.39 is 0 Å². The zero-order chi connectivity index (χ0) is 8.39. The minimum atomic E-state index is 0.652. The van der Waals surface area contributed by atoms with Gasteiger partial charge in [-0.15, -0.1) is 0 Å². The molecule has 0 unspecified atom stereocenters. The molecular formula is C8H13N2O2+. The van der Waals surface area contributed by atoms with Gasteiger partial charge in [0, 0.05) is 0 Å². The van der Waals surface area contributed by atoms with Gasteiger partial charge in [0.05, 0.1) is 19.6 Å². The van der Waals surface area contributed by atoms with Crippen LogP contribution in [0.4, 0.5) is 0 Å². The van der Waals surface area contributed by atoms with Crippen LogP contribution in [0.3, 0.4) is 0 Å². The average Bonchev–Trinajstić information content (AvgIpc) is 2.50. The zero-order valence-corrected chi connectivity index (χ0v) is 7.17. The number of nitrogens with zero attached hydrogens (tertiary/aromatic N) is 1. The van der Waals surface area contributed by atoms with Crippen LogP contribution in [0.2, 0.25) is 0 Å². The predicted molar refractivity (Wildman–Crippen MR) is 41.9 cm³/mol. The summed E-state index contributed by atoms with van der Waals surface area (Å²) in [6.07, 6.45) is 0.968. The van der Waals surface area contributed by atoms with Crippen LogP contribution in [0.15, 0.2) is 4.52 Å². The Hall–Kier alpha value is -1.03. The zero-order valence-electron chi connectivity index (χ0n) is 7.17. The minimum absolute atomic E-state index is 0.652. The number of quaternary nitrogens is 1. The van der Waals surface area contributed by atoms with Gasteiger partial charge in [-0.25, -0.2) is 0 Å².